The fourth-order valence-electron chi connectivity index (χ4n) is 1.59. The zero-order valence-electron chi connectivity index (χ0n) is 9.65. The van der Waals surface area contributed by atoms with Crippen molar-refractivity contribution >= 4 is 11.6 Å². The van der Waals surface area contributed by atoms with Crippen molar-refractivity contribution in [1.82, 2.24) is 0 Å². The molecule has 2 rings (SSSR count). The molecule has 3 N–H and O–H groups in total. The molecule has 0 heterocycles. The second-order valence-corrected chi connectivity index (χ2v) is 4.53. The van der Waals surface area contributed by atoms with Gasteiger partial charge in [-0.1, -0.05) is 11.6 Å². The molecule has 1 atom stereocenters. The van der Waals surface area contributed by atoms with E-state index in [9.17, 15) is 5.11 Å². The van der Waals surface area contributed by atoms with Gasteiger partial charge in [-0.05, 0) is 18.9 Å². The van der Waals surface area contributed by atoms with E-state index in [-0.39, 0.29) is 12.6 Å². The van der Waals surface area contributed by atoms with Gasteiger partial charge in [-0.25, -0.2) is 0 Å². The number of hydrogen-bond donors (Lipinski definition) is 2. The highest BCUT2D eigenvalue weighted by molar-refractivity contribution is 6.30. The molecule has 1 unspecified atom stereocenters. The van der Waals surface area contributed by atoms with Crippen LogP contribution in [0.1, 0.15) is 24.5 Å². The molecule has 1 aromatic carbocycles. The van der Waals surface area contributed by atoms with Crippen LogP contribution in [0, 0.1) is 0 Å². The number of methoxy groups -OCH3 is 1. The molecule has 0 aromatic heterocycles. The summed E-state index contributed by atoms with van der Waals surface area (Å²) < 4.78 is 11.0. The summed E-state index contributed by atoms with van der Waals surface area (Å²) in [5.41, 5.74) is 6.06. The third-order valence-corrected chi connectivity index (χ3v) is 2.88. The maximum Gasteiger partial charge on any atom is 0.167 e. The zero-order chi connectivity index (χ0) is 12.4. The number of halogens is 1. The first-order valence-electron chi connectivity index (χ1n) is 5.58. The number of hydrogen-bond acceptors (Lipinski definition) is 4. The summed E-state index contributed by atoms with van der Waals surface area (Å²) >= 11 is 5.97. The molecular weight excluding hydrogens is 242 g/mol. The molecule has 4 nitrogen and oxygen atoms in total. The number of rotatable bonds is 5. The second-order valence-electron chi connectivity index (χ2n) is 4.10. The van der Waals surface area contributed by atoms with E-state index >= 15 is 0 Å². The molecule has 17 heavy (non-hydrogen) atoms. The molecule has 1 aromatic rings. The van der Waals surface area contributed by atoms with E-state index in [1.165, 1.54) is 0 Å². The molecular formula is C12H16ClNO3. The van der Waals surface area contributed by atoms with Gasteiger partial charge in [0, 0.05) is 23.2 Å². The maximum atomic E-state index is 9.87. The molecule has 94 valence electrons. The van der Waals surface area contributed by atoms with E-state index < -0.39 is 6.10 Å². The van der Waals surface area contributed by atoms with E-state index in [4.69, 9.17) is 26.8 Å². The Bertz CT molecular complexity index is 407. The van der Waals surface area contributed by atoms with Crippen molar-refractivity contribution in [2.45, 2.75) is 25.0 Å². The first kappa shape index (κ1) is 12.5. The second kappa shape index (κ2) is 5.12. The van der Waals surface area contributed by atoms with Crippen molar-refractivity contribution in [3.05, 3.63) is 22.7 Å². The Balaban J connectivity index is 2.40. The maximum absolute atomic E-state index is 9.87. The number of ether oxygens (including phenoxy) is 2. The molecule has 1 aliphatic carbocycles. The fraction of sp³-hybridized carbons (Fsp3) is 0.500. The molecule has 0 spiro atoms. The first-order valence-corrected chi connectivity index (χ1v) is 5.95. The van der Waals surface area contributed by atoms with Crippen LogP contribution in [0.5, 0.6) is 11.5 Å². The molecule has 5 heteroatoms. The van der Waals surface area contributed by atoms with E-state index in [0.717, 1.165) is 12.8 Å². The van der Waals surface area contributed by atoms with Crippen molar-refractivity contribution in [3.63, 3.8) is 0 Å². The van der Waals surface area contributed by atoms with Crippen molar-refractivity contribution < 1.29 is 14.6 Å². The first-order chi connectivity index (χ1) is 8.15. The lowest BCUT2D eigenvalue weighted by molar-refractivity contribution is 0.176. The Morgan fingerprint density at radius 2 is 2.24 bits per heavy atom. The highest BCUT2D eigenvalue weighted by Crippen LogP contribution is 2.41. The van der Waals surface area contributed by atoms with E-state index in [1.54, 1.807) is 19.2 Å². The predicted molar refractivity (Wildman–Crippen MR) is 65.7 cm³/mol. The van der Waals surface area contributed by atoms with Crippen LogP contribution in [0.4, 0.5) is 0 Å². The summed E-state index contributed by atoms with van der Waals surface area (Å²) in [4.78, 5) is 0. The lowest BCUT2D eigenvalue weighted by Gasteiger charge is -2.18. The summed E-state index contributed by atoms with van der Waals surface area (Å²) in [6.45, 7) is 0.116. The van der Waals surface area contributed by atoms with Crippen molar-refractivity contribution in [3.8, 4) is 11.5 Å². The van der Waals surface area contributed by atoms with Gasteiger partial charge in [-0.15, -0.1) is 0 Å². The van der Waals surface area contributed by atoms with Gasteiger partial charge in [0.2, 0.25) is 0 Å². The normalized spacial score (nSPS) is 16.7. The van der Waals surface area contributed by atoms with Gasteiger partial charge in [0.1, 0.15) is 0 Å². The zero-order valence-corrected chi connectivity index (χ0v) is 10.4. The van der Waals surface area contributed by atoms with Crippen LogP contribution in [0.2, 0.25) is 5.02 Å². The Labute approximate surface area is 105 Å². The van der Waals surface area contributed by atoms with Gasteiger partial charge in [-0.3, -0.25) is 0 Å². The van der Waals surface area contributed by atoms with Gasteiger partial charge in [0.15, 0.2) is 11.5 Å². The number of nitrogens with two attached hydrogens (primary N) is 1. The highest BCUT2D eigenvalue weighted by Gasteiger charge is 2.28. The van der Waals surface area contributed by atoms with Gasteiger partial charge in [0.25, 0.3) is 0 Å². The summed E-state index contributed by atoms with van der Waals surface area (Å²) in [6, 6.07) is 3.34. The van der Waals surface area contributed by atoms with Gasteiger partial charge >= 0.3 is 0 Å². The molecule has 0 saturated heterocycles. The Morgan fingerprint density at radius 3 is 2.76 bits per heavy atom. The van der Waals surface area contributed by atoms with Crippen LogP contribution in [-0.2, 0) is 0 Å². The minimum absolute atomic E-state index is 0.116. The standard InChI is InChI=1S/C12H16ClNO3/c1-16-11-5-7(13)4-9(10(15)6-14)12(11)17-8-2-3-8/h4-5,8,10,15H,2-3,6,14H2,1H3. The van der Waals surface area contributed by atoms with Crippen LogP contribution < -0.4 is 15.2 Å². The van der Waals surface area contributed by atoms with Crippen LogP contribution in [0.25, 0.3) is 0 Å². The molecule has 1 saturated carbocycles. The van der Waals surface area contributed by atoms with Gasteiger partial charge < -0.3 is 20.3 Å². The molecule has 1 aliphatic rings. The van der Waals surface area contributed by atoms with E-state index in [0.29, 0.717) is 22.1 Å². The van der Waals surface area contributed by atoms with Crippen LogP contribution in [0.15, 0.2) is 12.1 Å². The smallest absolute Gasteiger partial charge is 0.167 e. The molecule has 1 fully saturated rings. The third kappa shape index (κ3) is 2.83. The highest BCUT2D eigenvalue weighted by atomic mass is 35.5. The average molecular weight is 258 g/mol. The summed E-state index contributed by atoms with van der Waals surface area (Å²) in [7, 11) is 1.55. The Hall–Kier alpha value is -0.970. The van der Waals surface area contributed by atoms with Crippen molar-refractivity contribution in [1.29, 1.82) is 0 Å². The largest absolute Gasteiger partial charge is 0.493 e. The van der Waals surface area contributed by atoms with Crippen LogP contribution in [-0.4, -0.2) is 24.9 Å². The monoisotopic (exact) mass is 257 g/mol. The lowest BCUT2D eigenvalue weighted by Crippen LogP contribution is -2.14. The topological polar surface area (TPSA) is 64.7 Å². The SMILES string of the molecule is COc1cc(Cl)cc(C(O)CN)c1OC1CC1. The quantitative estimate of drug-likeness (QED) is 0.845. The molecule has 0 radical (unpaired) electrons. The Morgan fingerprint density at radius 1 is 1.53 bits per heavy atom. The average Bonchev–Trinajstić information content (AvgIpc) is 3.13. The predicted octanol–water partition coefficient (Wildman–Crippen LogP) is 1.88. The number of aliphatic hydroxyl groups excluding tert-OH is 1. The lowest BCUT2D eigenvalue weighted by atomic mass is 10.1. The minimum atomic E-state index is -0.795. The van der Waals surface area contributed by atoms with Crippen LogP contribution >= 0.6 is 11.6 Å². The molecule has 0 aliphatic heterocycles. The van der Waals surface area contributed by atoms with Gasteiger partial charge in [-0.2, -0.15) is 0 Å². The molecule has 0 bridgehead atoms. The van der Waals surface area contributed by atoms with E-state index in [1.807, 2.05) is 0 Å². The third-order valence-electron chi connectivity index (χ3n) is 2.66. The number of aliphatic hydroxyl groups is 1. The number of benzene rings is 1. The minimum Gasteiger partial charge on any atom is -0.493 e. The molecule has 0 amide bonds. The summed E-state index contributed by atoms with van der Waals surface area (Å²) in [5.74, 6) is 1.09. The summed E-state index contributed by atoms with van der Waals surface area (Å²) in [5, 5.41) is 10.4. The van der Waals surface area contributed by atoms with Crippen molar-refractivity contribution in [2.75, 3.05) is 13.7 Å². The van der Waals surface area contributed by atoms with Crippen molar-refractivity contribution in [2.24, 2.45) is 5.73 Å². The fourth-order valence-corrected chi connectivity index (χ4v) is 1.81. The summed E-state index contributed by atoms with van der Waals surface area (Å²) in [6.07, 6.45) is 1.48. The van der Waals surface area contributed by atoms with Crippen LogP contribution in [0.3, 0.4) is 0 Å². The Kier molecular flexibility index (Phi) is 3.76. The van der Waals surface area contributed by atoms with Gasteiger partial charge in [0.05, 0.1) is 19.3 Å². The van der Waals surface area contributed by atoms with E-state index in [2.05, 4.69) is 0 Å².